The van der Waals surface area contributed by atoms with Crippen LogP contribution < -0.4 is 4.72 Å². The zero-order chi connectivity index (χ0) is 15.6. The van der Waals surface area contributed by atoms with Crippen LogP contribution in [0.3, 0.4) is 0 Å². The minimum Gasteiger partial charge on any atom is -0.478 e. The molecule has 1 fully saturated rings. The largest absolute Gasteiger partial charge is 0.478 e. The molecule has 0 aromatic heterocycles. The average molecular weight is 316 g/mol. The molecule has 1 aliphatic rings. The summed E-state index contributed by atoms with van der Waals surface area (Å²) in [5.41, 5.74) is -0.534. The van der Waals surface area contributed by atoms with E-state index >= 15 is 0 Å². The van der Waals surface area contributed by atoms with Crippen molar-refractivity contribution in [2.24, 2.45) is 0 Å². The highest BCUT2D eigenvalue weighted by atomic mass is 32.2. The average Bonchev–Trinajstić information content (AvgIpc) is 2.41. The number of anilines is 1. The SMILES string of the molecule is CC1CCCCN1S(=O)(=O)Nc1cc(C(=O)O)ccc1F. The number of aromatic carboxylic acids is 1. The monoisotopic (exact) mass is 316 g/mol. The maximum atomic E-state index is 13.7. The van der Waals surface area contributed by atoms with Crippen LogP contribution in [0.4, 0.5) is 10.1 Å². The van der Waals surface area contributed by atoms with Gasteiger partial charge in [-0.1, -0.05) is 6.42 Å². The van der Waals surface area contributed by atoms with E-state index in [0.29, 0.717) is 6.54 Å². The van der Waals surface area contributed by atoms with Crippen LogP contribution in [0.5, 0.6) is 0 Å². The highest BCUT2D eigenvalue weighted by Gasteiger charge is 2.30. The fourth-order valence-electron chi connectivity index (χ4n) is 2.36. The molecule has 6 nitrogen and oxygen atoms in total. The molecule has 0 spiro atoms. The number of carboxylic acids is 1. The normalized spacial score (nSPS) is 20.2. The van der Waals surface area contributed by atoms with Crippen LogP contribution in [-0.2, 0) is 10.2 Å². The van der Waals surface area contributed by atoms with Gasteiger partial charge in [-0.15, -0.1) is 0 Å². The van der Waals surface area contributed by atoms with Gasteiger partial charge in [-0.05, 0) is 38.0 Å². The Morgan fingerprint density at radius 1 is 1.43 bits per heavy atom. The van der Waals surface area contributed by atoms with Crippen molar-refractivity contribution in [1.29, 1.82) is 0 Å². The first-order valence-corrected chi connectivity index (χ1v) is 8.07. The molecule has 116 valence electrons. The number of piperidine rings is 1. The Labute approximate surface area is 122 Å². The van der Waals surface area contributed by atoms with Gasteiger partial charge in [0.15, 0.2) is 0 Å². The molecule has 0 bridgehead atoms. The van der Waals surface area contributed by atoms with Crippen LogP contribution >= 0.6 is 0 Å². The molecule has 1 aromatic carbocycles. The quantitative estimate of drug-likeness (QED) is 0.890. The van der Waals surface area contributed by atoms with Crippen LogP contribution in [0.25, 0.3) is 0 Å². The van der Waals surface area contributed by atoms with Crippen LogP contribution in [0.1, 0.15) is 36.5 Å². The van der Waals surface area contributed by atoms with E-state index < -0.39 is 22.0 Å². The summed E-state index contributed by atoms with van der Waals surface area (Å²) in [6.07, 6.45) is 2.46. The summed E-state index contributed by atoms with van der Waals surface area (Å²) in [7, 11) is -3.90. The van der Waals surface area contributed by atoms with Crippen molar-refractivity contribution in [2.45, 2.75) is 32.2 Å². The third-order valence-corrected chi connectivity index (χ3v) is 5.14. The van der Waals surface area contributed by atoms with Gasteiger partial charge >= 0.3 is 16.2 Å². The highest BCUT2D eigenvalue weighted by Crippen LogP contribution is 2.23. The number of carboxylic acid groups (broad SMARTS) is 1. The summed E-state index contributed by atoms with van der Waals surface area (Å²) < 4.78 is 41.7. The lowest BCUT2D eigenvalue weighted by Gasteiger charge is -2.32. The molecular formula is C13H17FN2O4S. The lowest BCUT2D eigenvalue weighted by Crippen LogP contribution is -2.44. The molecule has 2 N–H and O–H groups in total. The summed E-state index contributed by atoms with van der Waals surface area (Å²) in [6, 6.07) is 2.82. The second kappa shape index (κ2) is 5.98. The summed E-state index contributed by atoms with van der Waals surface area (Å²) in [5.74, 6) is -2.06. The molecule has 0 amide bonds. The molecule has 1 aromatic rings. The van der Waals surface area contributed by atoms with E-state index in [1.54, 1.807) is 6.92 Å². The Hall–Kier alpha value is -1.67. The van der Waals surface area contributed by atoms with E-state index in [1.807, 2.05) is 0 Å². The van der Waals surface area contributed by atoms with Gasteiger partial charge in [0.25, 0.3) is 0 Å². The first-order chi connectivity index (χ1) is 9.81. The minimum atomic E-state index is -3.90. The molecule has 21 heavy (non-hydrogen) atoms. The Balaban J connectivity index is 2.27. The Bertz CT molecular complexity index is 648. The summed E-state index contributed by atoms with van der Waals surface area (Å²) in [6.45, 7) is 2.17. The molecular weight excluding hydrogens is 299 g/mol. The second-order valence-electron chi connectivity index (χ2n) is 5.06. The van der Waals surface area contributed by atoms with Crippen LogP contribution in [0, 0.1) is 5.82 Å². The maximum absolute atomic E-state index is 13.7. The van der Waals surface area contributed by atoms with Crippen molar-refractivity contribution >= 4 is 21.9 Å². The lowest BCUT2D eigenvalue weighted by molar-refractivity contribution is 0.0697. The standard InChI is InChI=1S/C13H17FN2O4S/c1-9-4-2-3-7-16(9)21(19,20)15-12-8-10(13(17)18)5-6-11(12)14/h5-6,8-9,15H,2-4,7H2,1H3,(H,17,18). The second-order valence-corrected chi connectivity index (χ2v) is 6.69. The van der Waals surface area contributed by atoms with Crippen molar-refractivity contribution in [2.75, 3.05) is 11.3 Å². The first-order valence-electron chi connectivity index (χ1n) is 6.63. The van der Waals surface area contributed by atoms with Gasteiger partial charge in [0.1, 0.15) is 5.82 Å². The van der Waals surface area contributed by atoms with E-state index in [9.17, 15) is 17.6 Å². The predicted molar refractivity (Wildman–Crippen MR) is 75.9 cm³/mol. The minimum absolute atomic E-state index is 0.165. The number of nitrogens with one attached hydrogen (secondary N) is 1. The maximum Gasteiger partial charge on any atom is 0.335 e. The van der Waals surface area contributed by atoms with Crippen LogP contribution in [-0.4, -0.2) is 36.4 Å². The Kier molecular flexibility index (Phi) is 4.48. The molecule has 8 heteroatoms. The number of rotatable bonds is 4. The van der Waals surface area contributed by atoms with Gasteiger partial charge < -0.3 is 5.11 Å². The molecule has 0 radical (unpaired) electrons. The summed E-state index contributed by atoms with van der Waals surface area (Å²) in [5, 5.41) is 8.88. The predicted octanol–water partition coefficient (Wildman–Crippen LogP) is 2.05. The molecule has 1 heterocycles. The Morgan fingerprint density at radius 3 is 2.76 bits per heavy atom. The fraction of sp³-hybridized carbons (Fsp3) is 0.462. The molecule has 1 unspecified atom stereocenters. The van der Waals surface area contributed by atoms with Gasteiger partial charge in [0.2, 0.25) is 0 Å². The molecule has 1 atom stereocenters. The molecule has 0 saturated carbocycles. The third kappa shape index (κ3) is 3.51. The Morgan fingerprint density at radius 2 is 2.14 bits per heavy atom. The van der Waals surface area contributed by atoms with Crippen molar-refractivity contribution in [1.82, 2.24) is 4.31 Å². The smallest absolute Gasteiger partial charge is 0.335 e. The van der Waals surface area contributed by atoms with E-state index in [1.165, 1.54) is 4.31 Å². The molecule has 0 aliphatic carbocycles. The van der Waals surface area contributed by atoms with Gasteiger partial charge in [0, 0.05) is 12.6 Å². The first kappa shape index (κ1) is 15.7. The van der Waals surface area contributed by atoms with Crippen molar-refractivity contribution < 1.29 is 22.7 Å². The number of nitrogens with zero attached hydrogens (tertiary/aromatic N) is 1. The van der Waals surface area contributed by atoms with Gasteiger partial charge in [0.05, 0.1) is 11.3 Å². The van der Waals surface area contributed by atoms with Gasteiger partial charge in [-0.25, -0.2) is 9.18 Å². The number of carbonyl (C=O) groups is 1. The molecule has 1 saturated heterocycles. The van der Waals surface area contributed by atoms with Crippen LogP contribution in [0.15, 0.2) is 18.2 Å². The van der Waals surface area contributed by atoms with Crippen molar-refractivity contribution in [3.63, 3.8) is 0 Å². The van der Waals surface area contributed by atoms with E-state index in [4.69, 9.17) is 5.11 Å². The van der Waals surface area contributed by atoms with Crippen molar-refractivity contribution in [3.05, 3.63) is 29.6 Å². The summed E-state index contributed by atoms with van der Waals surface area (Å²) >= 11 is 0. The number of halogens is 1. The van der Waals surface area contributed by atoms with Crippen molar-refractivity contribution in [3.8, 4) is 0 Å². The number of hydrogen-bond acceptors (Lipinski definition) is 3. The van der Waals surface area contributed by atoms with E-state index in [0.717, 1.165) is 37.5 Å². The highest BCUT2D eigenvalue weighted by molar-refractivity contribution is 7.90. The van der Waals surface area contributed by atoms with Gasteiger partial charge in [-0.2, -0.15) is 12.7 Å². The zero-order valence-corrected chi connectivity index (χ0v) is 12.4. The molecule has 1 aliphatic heterocycles. The number of benzene rings is 1. The fourth-order valence-corrected chi connectivity index (χ4v) is 3.86. The third-order valence-electron chi connectivity index (χ3n) is 3.50. The zero-order valence-electron chi connectivity index (χ0n) is 11.5. The van der Waals surface area contributed by atoms with Gasteiger partial charge in [-0.3, -0.25) is 4.72 Å². The molecule has 2 rings (SSSR count). The summed E-state index contributed by atoms with van der Waals surface area (Å²) in [4.78, 5) is 10.9. The lowest BCUT2D eigenvalue weighted by atomic mass is 10.1. The number of hydrogen-bond donors (Lipinski definition) is 2. The topological polar surface area (TPSA) is 86.7 Å². The van der Waals surface area contributed by atoms with E-state index in [-0.39, 0.29) is 17.3 Å². The van der Waals surface area contributed by atoms with Crippen LogP contribution in [0.2, 0.25) is 0 Å². The van der Waals surface area contributed by atoms with E-state index in [2.05, 4.69) is 4.72 Å².